The van der Waals surface area contributed by atoms with Crippen molar-refractivity contribution in [2.75, 3.05) is 20.7 Å². The Bertz CT molecular complexity index is 703. The summed E-state index contributed by atoms with van der Waals surface area (Å²) in [5, 5.41) is 9.89. The van der Waals surface area contributed by atoms with Crippen LogP contribution in [-0.4, -0.2) is 53.5 Å². The molecule has 23 heavy (non-hydrogen) atoms. The van der Waals surface area contributed by atoms with Crippen LogP contribution in [0.15, 0.2) is 22.2 Å². The van der Waals surface area contributed by atoms with E-state index in [1.54, 1.807) is 13.0 Å². The van der Waals surface area contributed by atoms with Gasteiger partial charge in [0.2, 0.25) is 0 Å². The Hall–Kier alpha value is -2.35. The summed E-state index contributed by atoms with van der Waals surface area (Å²) in [6.45, 7) is 2.11. The van der Waals surface area contributed by atoms with Gasteiger partial charge in [-0.3, -0.25) is 19.4 Å². The van der Waals surface area contributed by atoms with Crippen LogP contribution < -0.4 is 4.74 Å². The number of ether oxygens (including phenoxy) is 1. The molecule has 1 aliphatic rings. The van der Waals surface area contributed by atoms with Crippen molar-refractivity contribution in [3.05, 3.63) is 27.7 Å². The number of hydrogen-bond donors (Lipinski definition) is 1. The van der Waals surface area contributed by atoms with E-state index in [0.717, 1.165) is 9.80 Å². The molecule has 122 valence electrons. The van der Waals surface area contributed by atoms with E-state index in [-0.39, 0.29) is 17.1 Å². The summed E-state index contributed by atoms with van der Waals surface area (Å²) in [7, 11) is 2.61. The minimum Gasteiger partial charge on any atom is -0.503 e. The molecule has 8 heteroatoms. The topological polar surface area (TPSA) is 87.2 Å². The van der Waals surface area contributed by atoms with Crippen LogP contribution >= 0.6 is 15.9 Å². The quantitative estimate of drug-likeness (QED) is 0.637. The summed E-state index contributed by atoms with van der Waals surface area (Å²) in [5.41, 5.74) is 0.334. The van der Waals surface area contributed by atoms with Crippen molar-refractivity contribution >= 4 is 39.9 Å². The zero-order valence-electron chi connectivity index (χ0n) is 12.8. The lowest BCUT2D eigenvalue weighted by Gasteiger charge is -2.28. The lowest BCUT2D eigenvalue weighted by molar-refractivity contribution is -0.134. The van der Waals surface area contributed by atoms with Gasteiger partial charge >= 0.3 is 6.03 Å². The number of carbonyl (C=O) groups excluding carboxylic acids is 3. The van der Waals surface area contributed by atoms with Crippen LogP contribution in [0, 0.1) is 0 Å². The molecule has 2 rings (SSSR count). The minimum absolute atomic E-state index is 0.0697. The summed E-state index contributed by atoms with van der Waals surface area (Å²) >= 11 is 3.19. The SMILES string of the molecule is CCOc1cc(C=C2C(=O)N(C)C(=O)N(C)C2=O)cc(Br)c1O. The largest absolute Gasteiger partial charge is 0.503 e. The molecule has 7 nitrogen and oxygen atoms in total. The standard InChI is InChI=1S/C15H15BrN2O5/c1-4-23-11-7-8(6-10(16)12(11)19)5-9-13(20)17(2)15(22)18(3)14(9)21/h5-7,19H,4H2,1-3H3. The molecule has 1 heterocycles. The predicted molar refractivity (Wildman–Crippen MR) is 85.9 cm³/mol. The van der Waals surface area contributed by atoms with Crippen LogP contribution in [0.3, 0.4) is 0 Å². The first-order valence-corrected chi connectivity index (χ1v) is 7.54. The molecule has 0 aromatic heterocycles. The number of likely N-dealkylation sites (N-methyl/N-ethyl adjacent to an activating group) is 2. The smallest absolute Gasteiger partial charge is 0.333 e. The van der Waals surface area contributed by atoms with E-state index in [2.05, 4.69) is 15.9 Å². The van der Waals surface area contributed by atoms with Crippen LogP contribution in [0.25, 0.3) is 6.08 Å². The van der Waals surface area contributed by atoms with Crippen LogP contribution in [-0.2, 0) is 9.59 Å². The molecule has 0 radical (unpaired) electrons. The van der Waals surface area contributed by atoms with Crippen molar-refractivity contribution in [3.8, 4) is 11.5 Å². The number of phenolic OH excluding ortho intramolecular Hbond substituents is 1. The second kappa shape index (κ2) is 6.41. The first-order chi connectivity index (χ1) is 10.8. The normalized spacial score (nSPS) is 15.3. The van der Waals surface area contributed by atoms with Gasteiger partial charge in [0.1, 0.15) is 5.57 Å². The van der Waals surface area contributed by atoms with Gasteiger partial charge in [0.15, 0.2) is 11.5 Å². The number of carbonyl (C=O) groups is 3. The lowest BCUT2D eigenvalue weighted by Crippen LogP contribution is -2.52. The van der Waals surface area contributed by atoms with Gasteiger partial charge in [-0.15, -0.1) is 0 Å². The number of amides is 4. The molecular formula is C15H15BrN2O5. The number of barbiturate groups is 1. The van der Waals surface area contributed by atoms with Gasteiger partial charge in [-0.2, -0.15) is 0 Å². The highest BCUT2D eigenvalue weighted by Gasteiger charge is 2.37. The fraction of sp³-hybridized carbons (Fsp3) is 0.267. The highest BCUT2D eigenvalue weighted by atomic mass is 79.9. The Morgan fingerprint density at radius 1 is 1.17 bits per heavy atom. The Balaban J connectivity index is 2.50. The number of imide groups is 2. The lowest BCUT2D eigenvalue weighted by atomic mass is 10.1. The second-order valence-electron chi connectivity index (χ2n) is 4.85. The maximum absolute atomic E-state index is 12.2. The van der Waals surface area contributed by atoms with Gasteiger partial charge in [-0.05, 0) is 46.6 Å². The third kappa shape index (κ3) is 3.07. The zero-order chi connectivity index (χ0) is 17.3. The van der Waals surface area contributed by atoms with Gasteiger partial charge in [-0.25, -0.2) is 4.79 Å². The number of nitrogens with zero attached hydrogens (tertiary/aromatic N) is 2. The van der Waals surface area contributed by atoms with Crippen molar-refractivity contribution in [2.45, 2.75) is 6.92 Å². The molecule has 4 amide bonds. The molecule has 0 unspecified atom stereocenters. The highest BCUT2D eigenvalue weighted by Crippen LogP contribution is 2.36. The van der Waals surface area contributed by atoms with E-state index in [9.17, 15) is 19.5 Å². The molecule has 1 aliphatic heterocycles. The number of halogens is 1. The van der Waals surface area contributed by atoms with E-state index in [1.165, 1.54) is 26.2 Å². The van der Waals surface area contributed by atoms with Crippen molar-refractivity contribution in [3.63, 3.8) is 0 Å². The molecule has 1 aromatic carbocycles. The van der Waals surface area contributed by atoms with Crippen molar-refractivity contribution in [1.82, 2.24) is 9.80 Å². The fourth-order valence-electron chi connectivity index (χ4n) is 2.08. The number of urea groups is 1. The third-order valence-electron chi connectivity index (χ3n) is 3.31. The molecule has 0 atom stereocenters. The summed E-state index contributed by atoms with van der Waals surface area (Å²) in [5.74, 6) is -1.21. The Morgan fingerprint density at radius 2 is 1.74 bits per heavy atom. The van der Waals surface area contributed by atoms with Gasteiger partial charge in [0, 0.05) is 14.1 Å². The van der Waals surface area contributed by atoms with Crippen molar-refractivity contribution < 1.29 is 24.2 Å². The minimum atomic E-state index is -0.681. The van der Waals surface area contributed by atoms with Crippen LogP contribution in [0.5, 0.6) is 11.5 Å². The van der Waals surface area contributed by atoms with Gasteiger partial charge in [0.25, 0.3) is 11.8 Å². The second-order valence-corrected chi connectivity index (χ2v) is 5.71. The molecule has 1 saturated heterocycles. The average Bonchev–Trinajstić information content (AvgIpc) is 2.52. The van der Waals surface area contributed by atoms with E-state index < -0.39 is 17.8 Å². The molecule has 0 spiro atoms. The molecule has 0 saturated carbocycles. The summed E-state index contributed by atoms with van der Waals surface area (Å²) in [6, 6.07) is 2.37. The summed E-state index contributed by atoms with van der Waals surface area (Å²) < 4.78 is 5.67. The first-order valence-electron chi connectivity index (χ1n) is 6.75. The van der Waals surface area contributed by atoms with Crippen LogP contribution in [0.2, 0.25) is 0 Å². The molecule has 0 aliphatic carbocycles. The van der Waals surface area contributed by atoms with E-state index in [0.29, 0.717) is 16.6 Å². The fourth-order valence-corrected chi connectivity index (χ4v) is 2.54. The summed E-state index contributed by atoms with van der Waals surface area (Å²) in [4.78, 5) is 37.7. The number of aromatic hydroxyl groups is 1. The predicted octanol–water partition coefficient (Wildman–Crippen LogP) is 1.99. The number of phenols is 1. The Labute approximate surface area is 141 Å². The molecule has 1 fully saturated rings. The molecule has 1 N–H and O–H groups in total. The van der Waals surface area contributed by atoms with E-state index in [1.807, 2.05) is 0 Å². The van der Waals surface area contributed by atoms with Gasteiger partial charge < -0.3 is 9.84 Å². The third-order valence-corrected chi connectivity index (χ3v) is 3.91. The summed E-state index contributed by atoms with van der Waals surface area (Å²) in [6.07, 6.45) is 1.36. The van der Waals surface area contributed by atoms with Crippen LogP contribution in [0.4, 0.5) is 4.79 Å². The number of rotatable bonds is 3. The average molecular weight is 383 g/mol. The number of benzene rings is 1. The van der Waals surface area contributed by atoms with Gasteiger partial charge in [0.05, 0.1) is 11.1 Å². The molecule has 0 bridgehead atoms. The monoisotopic (exact) mass is 382 g/mol. The van der Waals surface area contributed by atoms with Crippen molar-refractivity contribution in [2.24, 2.45) is 0 Å². The first kappa shape index (κ1) is 17.0. The van der Waals surface area contributed by atoms with Crippen LogP contribution in [0.1, 0.15) is 12.5 Å². The maximum atomic E-state index is 12.2. The highest BCUT2D eigenvalue weighted by molar-refractivity contribution is 9.10. The number of hydrogen-bond acceptors (Lipinski definition) is 5. The zero-order valence-corrected chi connectivity index (χ0v) is 14.4. The Morgan fingerprint density at radius 3 is 2.26 bits per heavy atom. The Kier molecular flexibility index (Phi) is 4.74. The molecule has 1 aromatic rings. The van der Waals surface area contributed by atoms with E-state index in [4.69, 9.17) is 4.74 Å². The van der Waals surface area contributed by atoms with E-state index >= 15 is 0 Å². The molecular weight excluding hydrogens is 368 g/mol. The van der Waals surface area contributed by atoms with Gasteiger partial charge in [-0.1, -0.05) is 0 Å². The van der Waals surface area contributed by atoms with Crippen molar-refractivity contribution in [1.29, 1.82) is 0 Å². The maximum Gasteiger partial charge on any atom is 0.333 e.